The molecule has 0 unspecified atom stereocenters. The predicted molar refractivity (Wildman–Crippen MR) is 88.4 cm³/mol. The van der Waals surface area contributed by atoms with Crippen molar-refractivity contribution in [1.82, 2.24) is 10.2 Å². The Bertz CT molecular complexity index is 566. The molecule has 5 nitrogen and oxygen atoms in total. The van der Waals surface area contributed by atoms with E-state index in [2.05, 4.69) is 26.6 Å². The van der Waals surface area contributed by atoms with Crippen molar-refractivity contribution in [2.75, 3.05) is 31.5 Å². The summed E-state index contributed by atoms with van der Waals surface area (Å²) in [6.07, 6.45) is 1.48. The summed E-state index contributed by atoms with van der Waals surface area (Å²) in [7, 11) is 0. The van der Waals surface area contributed by atoms with Crippen molar-refractivity contribution in [1.29, 1.82) is 0 Å². The maximum absolute atomic E-state index is 12.4. The SMILES string of the molecule is O=C(Nc1ccccc1Br)C1CCN(C(=O)C2CNC2)CC1. The Morgan fingerprint density at radius 3 is 2.41 bits per heavy atom. The highest BCUT2D eigenvalue weighted by molar-refractivity contribution is 9.10. The molecule has 2 heterocycles. The Morgan fingerprint density at radius 1 is 1.14 bits per heavy atom. The Hall–Kier alpha value is -1.40. The molecule has 0 aliphatic carbocycles. The highest BCUT2D eigenvalue weighted by Gasteiger charge is 2.33. The highest BCUT2D eigenvalue weighted by atomic mass is 79.9. The van der Waals surface area contributed by atoms with Crippen LogP contribution in [-0.2, 0) is 9.59 Å². The molecule has 0 spiro atoms. The van der Waals surface area contributed by atoms with Crippen LogP contribution >= 0.6 is 15.9 Å². The number of halogens is 1. The summed E-state index contributed by atoms with van der Waals surface area (Å²) in [4.78, 5) is 26.4. The monoisotopic (exact) mass is 365 g/mol. The number of carbonyl (C=O) groups is 2. The van der Waals surface area contributed by atoms with E-state index < -0.39 is 0 Å². The number of nitrogens with zero attached hydrogens (tertiary/aromatic N) is 1. The number of hydrogen-bond donors (Lipinski definition) is 2. The largest absolute Gasteiger partial charge is 0.342 e. The molecule has 0 radical (unpaired) electrons. The topological polar surface area (TPSA) is 61.4 Å². The Balaban J connectivity index is 1.51. The standard InChI is InChI=1S/C16H20BrN3O2/c17-13-3-1-2-4-14(13)19-15(21)11-5-7-20(8-6-11)16(22)12-9-18-10-12/h1-4,11-12,18H,5-10H2,(H,19,21). The van der Waals surface area contributed by atoms with Gasteiger partial charge in [0.1, 0.15) is 0 Å². The Morgan fingerprint density at radius 2 is 1.82 bits per heavy atom. The molecule has 2 aliphatic rings. The Kier molecular flexibility index (Phi) is 4.78. The maximum Gasteiger partial charge on any atom is 0.228 e. The molecule has 0 atom stereocenters. The molecule has 2 amide bonds. The van der Waals surface area contributed by atoms with E-state index >= 15 is 0 Å². The van der Waals surface area contributed by atoms with Gasteiger partial charge in [-0.1, -0.05) is 12.1 Å². The van der Waals surface area contributed by atoms with Gasteiger partial charge >= 0.3 is 0 Å². The third kappa shape index (κ3) is 3.33. The maximum atomic E-state index is 12.4. The molecule has 22 heavy (non-hydrogen) atoms. The van der Waals surface area contributed by atoms with Gasteiger partial charge in [0.15, 0.2) is 0 Å². The molecular formula is C16H20BrN3O2. The molecule has 2 fully saturated rings. The number of carbonyl (C=O) groups excluding carboxylic acids is 2. The van der Waals surface area contributed by atoms with E-state index in [1.165, 1.54) is 0 Å². The van der Waals surface area contributed by atoms with Crippen LogP contribution in [0, 0.1) is 11.8 Å². The van der Waals surface area contributed by atoms with Crippen LogP contribution in [0.5, 0.6) is 0 Å². The first-order valence-corrected chi connectivity index (χ1v) is 8.49. The number of para-hydroxylation sites is 1. The van der Waals surface area contributed by atoms with Crippen molar-refractivity contribution in [3.63, 3.8) is 0 Å². The second kappa shape index (κ2) is 6.79. The molecule has 118 valence electrons. The average Bonchev–Trinajstić information content (AvgIpc) is 2.48. The number of likely N-dealkylation sites (tertiary alicyclic amines) is 1. The lowest BCUT2D eigenvalue weighted by Crippen LogP contribution is -2.53. The van der Waals surface area contributed by atoms with Crippen LogP contribution in [0.3, 0.4) is 0 Å². The molecule has 0 bridgehead atoms. The van der Waals surface area contributed by atoms with Crippen molar-refractivity contribution in [3.8, 4) is 0 Å². The zero-order chi connectivity index (χ0) is 15.5. The minimum absolute atomic E-state index is 0.0179. The first kappa shape index (κ1) is 15.5. The number of rotatable bonds is 3. The van der Waals surface area contributed by atoms with Gasteiger partial charge in [0.05, 0.1) is 11.6 Å². The summed E-state index contributed by atoms with van der Waals surface area (Å²) >= 11 is 3.43. The van der Waals surface area contributed by atoms with Gasteiger partial charge in [-0.2, -0.15) is 0 Å². The molecule has 2 saturated heterocycles. The molecule has 2 aliphatic heterocycles. The summed E-state index contributed by atoms with van der Waals surface area (Å²) in [6.45, 7) is 2.95. The van der Waals surface area contributed by atoms with E-state index in [-0.39, 0.29) is 23.7 Å². The molecule has 6 heteroatoms. The van der Waals surface area contributed by atoms with E-state index in [4.69, 9.17) is 0 Å². The van der Waals surface area contributed by atoms with Gasteiger partial charge in [-0.05, 0) is 40.9 Å². The van der Waals surface area contributed by atoms with Crippen molar-refractivity contribution >= 4 is 33.4 Å². The van der Waals surface area contributed by atoms with E-state index in [9.17, 15) is 9.59 Å². The number of nitrogens with one attached hydrogen (secondary N) is 2. The fourth-order valence-corrected chi connectivity index (χ4v) is 3.26. The normalized spacial score (nSPS) is 19.6. The van der Waals surface area contributed by atoms with E-state index in [0.717, 1.165) is 36.1 Å². The summed E-state index contributed by atoms with van der Waals surface area (Å²) in [5.74, 6) is 0.411. The Labute approximate surface area is 138 Å². The molecule has 1 aromatic carbocycles. The van der Waals surface area contributed by atoms with Crippen molar-refractivity contribution < 1.29 is 9.59 Å². The number of amides is 2. The zero-order valence-electron chi connectivity index (χ0n) is 12.3. The van der Waals surface area contributed by atoms with Crippen LogP contribution in [0.1, 0.15) is 12.8 Å². The lowest BCUT2D eigenvalue weighted by Gasteiger charge is -2.36. The van der Waals surface area contributed by atoms with Crippen molar-refractivity contribution in [3.05, 3.63) is 28.7 Å². The van der Waals surface area contributed by atoms with Crippen LogP contribution in [0.25, 0.3) is 0 Å². The van der Waals surface area contributed by atoms with Gasteiger partial charge in [-0.25, -0.2) is 0 Å². The van der Waals surface area contributed by atoms with Crippen LogP contribution in [0.4, 0.5) is 5.69 Å². The zero-order valence-corrected chi connectivity index (χ0v) is 13.9. The fraction of sp³-hybridized carbons (Fsp3) is 0.500. The lowest BCUT2D eigenvalue weighted by atomic mass is 9.93. The molecule has 1 aromatic rings. The molecule has 3 rings (SSSR count). The van der Waals surface area contributed by atoms with Gasteiger partial charge in [0, 0.05) is 36.6 Å². The molecule has 0 saturated carbocycles. The van der Waals surface area contributed by atoms with Crippen LogP contribution < -0.4 is 10.6 Å². The molecular weight excluding hydrogens is 346 g/mol. The summed E-state index contributed by atoms with van der Waals surface area (Å²) in [5, 5.41) is 6.09. The average molecular weight is 366 g/mol. The van der Waals surface area contributed by atoms with Gasteiger partial charge in [-0.3, -0.25) is 9.59 Å². The highest BCUT2D eigenvalue weighted by Crippen LogP contribution is 2.25. The van der Waals surface area contributed by atoms with E-state index in [1.807, 2.05) is 29.2 Å². The first-order valence-electron chi connectivity index (χ1n) is 7.70. The number of piperidine rings is 1. The molecule has 0 aromatic heterocycles. The van der Waals surface area contributed by atoms with Crippen LogP contribution in [-0.4, -0.2) is 42.9 Å². The quantitative estimate of drug-likeness (QED) is 0.858. The third-order valence-corrected chi connectivity index (χ3v) is 5.13. The number of hydrogen-bond acceptors (Lipinski definition) is 3. The van der Waals surface area contributed by atoms with E-state index in [1.54, 1.807) is 0 Å². The predicted octanol–water partition coefficient (Wildman–Crippen LogP) is 1.85. The summed E-state index contributed by atoms with van der Waals surface area (Å²) in [5.41, 5.74) is 0.798. The number of anilines is 1. The minimum Gasteiger partial charge on any atom is -0.342 e. The second-order valence-electron chi connectivity index (χ2n) is 5.92. The first-order chi connectivity index (χ1) is 10.6. The van der Waals surface area contributed by atoms with Gasteiger partial charge in [-0.15, -0.1) is 0 Å². The minimum atomic E-state index is -0.0179. The van der Waals surface area contributed by atoms with Gasteiger partial charge in [0.2, 0.25) is 11.8 Å². The van der Waals surface area contributed by atoms with Crippen LogP contribution in [0.15, 0.2) is 28.7 Å². The lowest BCUT2D eigenvalue weighted by molar-refractivity contribution is -0.139. The van der Waals surface area contributed by atoms with Crippen molar-refractivity contribution in [2.24, 2.45) is 11.8 Å². The van der Waals surface area contributed by atoms with E-state index in [0.29, 0.717) is 13.1 Å². The second-order valence-corrected chi connectivity index (χ2v) is 6.78. The van der Waals surface area contributed by atoms with Gasteiger partial charge in [0.25, 0.3) is 0 Å². The fourth-order valence-electron chi connectivity index (χ4n) is 2.88. The summed E-state index contributed by atoms with van der Waals surface area (Å²) in [6, 6.07) is 7.60. The number of benzene rings is 1. The van der Waals surface area contributed by atoms with Crippen LogP contribution in [0.2, 0.25) is 0 Å². The molecule has 2 N–H and O–H groups in total. The van der Waals surface area contributed by atoms with Crippen molar-refractivity contribution in [2.45, 2.75) is 12.8 Å². The van der Waals surface area contributed by atoms with Gasteiger partial charge < -0.3 is 15.5 Å². The third-order valence-electron chi connectivity index (χ3n) is 4.44. The smallest absolute Gasteiger partial charge is 0.228 e. The summed E-state index contributed by atoms with van der Waals surface area (Å²) < 4.78 is 0.883.